The van der Waals surface area contributed by atoms with Crippen LogP contribution in [-0.4, -0.2) is 33.7 Å². The van der Waals surface area contributed by atoms with Gasteiger partial charge in [0.1, 0.15) is 0 Å². The van der Waals surface area contributed by atoms with E-state index in [1.807, 2.05) is 0 Å². The lowest BCUT2D eigenvalue weighted by molar-refractivity contribution is 0.0596. The van der Waals surface area contributed by atoms with E-state index in [4.69, 9.17) is 0 Å². The molecule has 0 bridgehead atoms. The van der Waals surface area contributed by atoms with Gasteiger partial charge in [-0.05, 0) is 6.07 Å². The van der Waals surface area contributed by atoms with Crippen LogP contribution in [0.4, 0.5) is 0 Å². The van der Waals surface area contributed by atoms with Crippen molar-refractivity contribution < 1.29 is 14.3 Å². The van der Waals surface area contributed by atoms with Crippen LogP contribution in [0.1, 0.15) is 21.1 Å². The summed E-state index contributed by atoms with van der Waals surface area (Å²) >= 11 is 0. The molecule has 6 nitrogen and oxygen atoms in total. The Kier molecular flexibility index (Phi) is 2.17. The highest BCUT2D eigenvalue weighted by Gasteiger charge is 2.18. The average molecular weight is 205 g/mol. The quantitative estimate of drug-likeness (QED) is 0.521. The summed E-state index contributed by atoms with van der Waals surface area (Å²) in [7, 11) is 1.25. The molecule has 2 aromatic heterocycles. The molecule has 0 amide bonds. The smallest absolute Gasteiger partial charge is 0.360 e. The van der Waals surface area contributed by atoms with E-state index in [1.165, 1.54) is 17.7 Å². The van der Waals surface area contributed by atoms with Gasteiger partial charge < -0.3 is 4.74 Å². The lowest BCUT2D eigenvalue weighted by atomic mass is 10.4. The maximum atomic E-state index is 11.3. The summed E-state index contributed by atoms with van der Waals surface area (Å²) in [5.41, 5.74) is 0.353. The minimum Gasteiger partial charge on any atom is -0.464 e. The number of esters is 1. The van der Waals surface area contributed by atoms with Crippen molar-refractivity contribution in [2.45, 2.75) is 0 Å². The predicted octanol–water partition coefficient (Wildman–Crippen LogP) is 0.328. The van der Waals surface area contributed by atoms with Crippen LogP contribution in [0.15, 0.2) is 18.5 Å². The van der Waals surface area contributed by atoms with Crippen molar-refractivity contribution in [3.8, 4) is 0 Å². The number of fused-ring (bicyclic) bond motifs is 1. The van der Waals surface area contributed by atoms with E-state index in [0.717, 1.165) is 0 Å². The fourth-order valence-electron chi connectivity index (χ4n) is 1.27. The molecule has 0 unspecified atom stereocenters. The van der Waals surface area contributed by atoms with Gasteiger partial charge in [0.15, 0.2) is 23.5 Å². The molecule has 2 aromatic rings. The Morgan fingerprint density at radius 2 is 2.40 bits per heavy atom. The molecule has 15 heavy (non-hydrogen) atoms. The number of aromatic nitrogens is 3. The minimum atomic E-state index is -0.612. The topological polar surface area (TPSA) is 73.6 Å². The molecule has 2 heterocycles. The second-order valence-corrected chi connectivity index (χ2v) is 2.74. The first-order valence-corrected chi connectivity index (χ1v) is 4.14. The normalized spacial score (nSPS) is 10.2. The number of aldehydes is 1. The van der Waals surface area contributed by atoms with Crippen molar-refractivity contribution in [2.75, 3.05) is 7.11 Å². The number of rotatable bonds is 2. The molecule has 0 saturated carbocycles. The molecule has 0 radical (unpaired) electrons. The third-order valence-electron chi connectivity index (χ3n) is 1.92. The standard InChI is InChI=1S/C9H7N3O3/c1-15-9(14)7-8-10-3-2-4-12(8)6(5-13)11-7/h2-5H,1H3. The van der Waals surface area contributed by atoms with E-state index in [0.29, 0.717) is 11.9 Å². The number of imidazole rings is 1. The highest BCUT2D eigenvalue weighted by Crippen LogP contribution is 2.09. The summed E-state index contributed by atoms with van der Waals surface area (Å²) in [6.07, 6.45) is 3.67. The van der Waals surface area contributed by atoms with Gasteiger partial charge in [-0.15, -0.1) is 0 Å². The average Bonchev–Trinajstić information content (AvgIpc) is 2.67. The summed E-state index contributed by atoms with van der Waals surface area (Å²) in [6.45, 7) is 0. The molecular weight excluding hydrogens is 198 g/mol. The highest BCUT2D eigenvalue weighted by molar-refractivity contribution is 5.95. The van der Waals surface area contributed by atoms with E-state index in [1.54, 1.807) is 12.3 Å². The second-order valence-electron chi connectivity index (χ2n) is 2.74. The van der Waals surface area contributed by atoms with Crippen molar-refractivity contribution >= 4 is 17.9 Å². The van der Waals surface area contributed by atoms with E-state index < -0.39 is 5.97 Å². The molecule has 0 fully saturated rings. The molecule has 6 heteroatoms. The lowest BCUT2D eigenvalue weighted by Gasteiger charge is -1.94. The Labute approximate surface area is 84.5 Å². The largest absolute Gasteiger partial charge is 0.464 e. The molecule has 2 rings (SSSR count). The number of methoxy groups -OCH3 is 1. The van der Waals surface area contributed by atoms with Gasteiger partial charge in [-0.3, -0.25) is 9.20 Å². The number of hydrogen-bond donors (Lipinski definition) is 0. The van der Waals surface area contributed by atoms with Gasteiger partial charge >= 0.3 is 5.97 Å². The van der Waals surface area contributed by atoms with E-state index in [-0.39, 0.29) is 11.5 Å². The molecule has 76 valence electrons. The fourth-order valence-corrected chi connectivity index (χ4v) is 1.27. The van der Waals surface area contributed by atoms with E-state index >= 15 is 0 Å². The van der Waals surface area contributed by atoms with Crippen LogP contribution in [0, 0.1) is 0 Å². The Morgan fingerprint density at radius 3 is 3.07 bits per heavy atom. The van der Waals surface area contributed by atoms with Crippen LogP contribution >= 0.6 is 0 Å². The zero-order chi connectivity index (χ0) is 10.8. The predicted molar refractivity (Wildman–Crippen MR) is 49.7 cm³/mol. The summed E-state index contributed by atoms with van der Waals surface area (Å²) in [5, 5.41) is 0. The van der Waals surface area contributed by atoms with Crippen molar-refractivity contribution in [2.24, 2.45) is 0 Å². The van der Waals surface area contributed by atoms with Crippen molar-refractivity contribution in [1.29, 1.82) is 0 Å². The molecule has 0 saturated heterocycles. The first kappa shape index (κ1) is 9.32. The summed E-state index contributed by atoms with van der Waals surface area (Å²) in [6, 6.07) is 1.64. The second kappa shape index (κ2) is 3.49. The zero-order valence-electron chi connectivity index (χ0n) is 7.88. The zero-order valence-corrected chi connectivity index (χ0v) is 7.88. The Morgan fingerprint density at radius 1 is 1.60 bits per heavy atom. The molecule has 0 aliphatic carbocycles. The van der Waals surface area contributed by atoms with Gasteiger partial charge in [0.2, 0.25) is 0 Å². The monoisotopic (exact) mass is 205 g/mol. The lowest BCUT2D eigenvalue weighted by Crippen LogP contribution is -2.03. The van der Waals surface area contributed by atoms with E-state index in [9.17, 15) is 9.59 Å². The van der Waals surface area contributed by atoms with Gasteiger partial charge in [-0.1, -0.05) is 0 Å². The first-order valence-electron chi connectivity index (χ1n) is 4.14. The summed E-state index contributed by atoms with van der Waals surface area (Å²) in [5.74, 6) is -0.488. The van der Waals surface area contributed by atoms with Crippen molar-refractivity contribution in [3.63, 3.8) is 0 Å². The molecular formula is C9H7N3O3. The van der Waals surface area contributed by atoms with Crippen LogP contribution in [0.25, 0.3) is 5.65 Å². The fraction of sp³-hybridized carbons (Fsp3) is 0.111. The number of carbonyl (C=O) groups is 2. The maximum absolute atomic E-state index is 11.3. The number of hydrogen-bond acceptors (Lipinski definition) is 5. The number of carbonyl (C=O) groups excluding carboxylic acids is 2. The van der Waals surface area contributed by atoms with Gasteiger partial charge in [0, 0.05) is 12.4 Å². The van der Waals surface area contributed by atoms with Gasteiger partial charge in [-0.25, -0.2) is 14.8 Å². The SMILES string of the molecule is COC(=O)c1nc(C=O)n2cccnc12. The Balaban J connectivity index is 2.75. The molecule has 0 aliphatic heterocycles. The summed E-state index contributed by atoms with van der Waals surface area (Å²) < 4.78 is 5.96. The van der Waals surface area contributed by atoms with Crippen molar-refractivity contribution in [3.05, 3.63) is 30.0 Å². The van der Waals surface area contributed by atoms with E-state index in [2.05, 4.69) is 14.7 Å². The molecule has 0 aliphatic rings. The van der Waals surface area contributed by atoms with Crippen LogP contribution < -0.4 is 0 Å². The molecule has 0 spiro atoms. The first-order chi connectivity index (χ1) is 7.27. The molecule has 0 atom stereocenters. The minimum absolute atomic E-state index is 0.0419. The van der Waals surface area contributed by atoms with Gasteiger partial charge in [-0.2, -0.15) is 0 Å². The Hall–Kier alpha value is -2.24. The summed E-state index contributed by atoms with van der Waals surface area (Å²) in [4.78, 5) is 29.8. The molecule has 0 N–H and O–H groups in total. The van der Waals surface area contributed by atoms with Gasteiger partial charge in [0.25, 0.3) is 0 Å². The Bertz CT molecular complexity index is 532. The number of nitrogens with zero attached hydrogens (tertiary/aromatic N) is 3. The van der Waals surface area contributed by atoms with Gasteiger partial charge in [0.05, 0.1) is 7.11 Å². The highest BCUT2D eigenvalue weighted by atomic mass is 16.5. The third kappa shape index (κ3) is 1.35. The number of ether oxygens (including phenoxy) is 1. The van der Waals surface area contributed by atoms with Crippen molar-refractivity contribution in [1.82, 2.24) is 14.4 Å². The molecule has 0 aromatic carbocycles. The van der Waals surface area contributed by atoms with Crippen LogP contribution in [0.3, 0.4) is 0 Å². The van der Waals surface area contributed by atoms with Crippen LogP contribution in [0.2, 0.25) is 0 Å². The van der Waals surface area contributed by atoms with Crippen LogP contribution in [0.5, 0.6) is 0 Å². The maximum Gasteiger partial charge on any atom is 0.360 e. The van der Waals surface area contributed by atoms with Crippen LogP contribution in [-0.2, 0) is 4.74 Å². The third-order valence-corrected chi connectivity index (χ3v) is 1.92.